The first kappa shape index (κ1) is 14.6. The lowest BCUT2D eigenvalue weighted by molar-refractivity contribution is -0.386. The Morgan fingerprint density at radius 3 is 2.84 bits per heavy atom. The first-order valence-corrected chi connectivity index (χ1v) is 5.66. The lowest BCUT2D eigenvalue weighted by atomic mass is 10.1. The van der Waals surface area contributed by atoms with Gasteiger partial charge in [0.15, 0.2) is 0 Å². The predicted molar refractivity (Wildman–Crippen MR) is 68.7 cm³/mol. The van der Waals surface area contributed by atoms with Gasteiger partial charge in [0.2, 0.25) is 0 Å². The van der Waals surface area contributed by atoms with Crippen LogP contribution in [0, 0.1) is 17.0 Å². The van der Waals surface area contributed by atoms with Gasteiger partial charge in [0, 0.05) is 17.3 Å². The van der Waals surface area contributed by atoms with E-state index in [2.05, 4.69) is 4.98 Å². The van der Waals surface area contributed by atoms with E-state index in [9.17, 15) is 19.7 Å². The smallest absolute Gasteiger partial charge is 0.337 e. The molecule has 0 saturated carbocycles. The van der Waals surface area contributed by atoms with Gasteiger partial charge in [0.05, 0.1) is 18.0 Å². The van der Waals surface area contributed by atoms with E-state index in [4.69, 9.17) is 4.74 Å². The normalized spacial score (nSPS) is 10.6. The average molecular weight is 266 g/mol. The number of nitrogens with one attached hydrogen (secondary N) is 1. The van der Waals surface area contributed by atoms with Crippen LogP contribution in [0.1, 0.15) is 24.5 Å². The summed E-state index contributed by atoms with van der Waals surface area (Å²) in [6, 6.07) is 0. The van der Waals surface area contributed by atoms with Gasteiger partial charge in [-0.1, -0.05) is 12.2 Å². The van der Waals surface area contributed by atoms with E-state index in [0.717, 1.165) is 0 Å². The summed E-state index contributed by atoms with van der Waals surface area (Å²) in [5.41, 5.74) is -0.493. The molecule has 7 heteroatoms. The molecule has 1 N–H and O–H groups in total. The quantitative estimate of drug-likeness (QED) is 0.495. The van der Waals surface area contributed by atoms with Gasteiger partial charge in [-0.25, -0.2) is 0 Å². The van der Waals surface area contributed by atoms with Crippen LogP contribution in [0.4, 0.5) is 5.69 Å². The number of carbonyl (C=O) groups excluding carboxylic acids is 1. The molecule has 0 radical (unpaired) electrons. The molecular formula is C12H14N2O5. The fraction of sp³-hybridized carbons (Fsp3) is 0.333. The summed E-state index contributed by atoms with van der Waals surface area (Å²) in [6.07, 6.45) is 4.50. The van der Waals surface area contributed by atoms with Crippen molar-refractivity contribution in [1.82, 2.24) is 4.98 Å². The summed E-state index contributed by atoms with van der Waals surface area (Å²) in [7, 11) is 0. The van der Waals surface area contributed by atoms with E-state index in [1.807, 2.05) is 0 Å². The molecule has 1 rings (SSSR count). The van der Waals surface area contributed by atoms with Crippen LogP contribution in [0.5, 0.6) is 0 Å². The number of hydrogen-bond donors (Lipinski definition) is 1. The molecule has 0 fully saturated rings. The van der Waals surface area contributed by atoms with Gasteiger partial charge in [-0.15, -0.1) is 0 Å². The Morgan fingerprint density at radius 2 is 2.26 bits per heavy atom. The molecule has 19 heavy (non-hydrogen) atoms. The highest BCUT2D eigenvalue weighted by molar-refractivity contribution is 5.73. The number of pyridine rings is 1. The number of aromatic amines is 1. The van der Waals surface area contributed by atoms with Crippen molar-refractivity contribution < 1.29 is 14.5 Å². The molecule has 1 heterocycles. The molecular weight excluding hydrogens is 252 g/mol. The minimum Gasteiger partial charge on any atom is -0.466 e. The van der Waals surface area contributed by atoms with Crippen LogP contribution in [0.3, 0.4) is 0 Å². The molecule has 0 aliphatic heterocycles. The number of H-pyrrole nitrogens is 1. The van der Waals surface area contributed by atoms with E-state index >= 15 is 0 Å². The number of esters is 1. The van der Waals surface area contributed by atoms with E-state index in [1.165, 1.54) is 25.3 Å². The first-order chi connectivity index (χ1) is 8.97. The summed E-state index contributed by atoms with van der Waals surface area (Å²) < 4.78 is 4.73. The zero-order chi connectivity index (χ0) is 14.4. The lowest BCUT2D eigenvalue weighted by Gasteiger charge is -2.01. The number of nitro groups is 1. The fourth-order valence-electron chi connectivity index (χ4n) is 1.52. The monoisotopic (exact) mass is 266 g/mol. The van der Waals surface area contributed by atoms with Crippen molar-refractivity contribution in [1.29, 1.82) is 0 Å². The van der Waals surface area contributed by atoms with Gasteiger partial charge in [0.1, 0.15) is 0 Å². The van der Waals surface area contributed by atoms with Crippen molar-refractivity contribution in [3.63, 3.8) is 0 Å². The SMILES string of the molecule is CCOC(=O)CC=Cc1c[nH]c(=O)c([N+](=O)[O-])c1C. The van der Waals surface area contributed by atoms with Crippen LogP contribution in [0.2, 0.25) is 0 Å². The molecule has 0 atom stereocenters. The standard InChI is InChI=1S/C12H14N2O5/c1-3-19-10(15)6-4-5-9-7-13-12(16)11(8(9)2)14(17)18/h4-5,7H,3,6H2,1-2H3,(H,13,16). The highest BCUT2D eigenvalue weighted by Gasteiger charge is 2.17. The zero-order valence-corrected chi connectivity index (χ0v) is 10.6. The van der Waals surface area contributed by atoms with Crippen LogP contribution in [-0.4, -0.2) is 22.5 Å². The van der Waals surface area contributed by atoms with Crippen molar-refractivity contribution in [2.45, 2.75) is 20.3 Å². The summed E-state index contributed by atoms with van der Waals surface area (Å²) in [5.74, 6) is -0.379. The molecule has 0 saturated heterocycles. The summed E-state index contributed by atoms with van der Waals surface area (Å²) >= 11 is 0. The van der Waals surface area contributed by atoms with Crippen molar-refractivity contribution in [2.75, 3.05) is 6.61 Å². The molecule has 0 spiro atoms. The van der Waals surface area contributed by atoms with Crippen LogP contribution in [0.25, 0.3) is 6.08 Å². The average Bonchev–Trinajstić information content (AvgIpc) is 2.32. The molecule has 1 aromatic rings. The van der Waals surface area contributed by atoms with Crippen molar-refractivity contribution in [3.8, 4) is 0 Å². The number of rotatable bonds is 5. The Balaban J connectivity index is 2.94. The number of carbonyl (C=O) groups is 1. The van der Waals surface area contributed by atoms with E-state index in [1.54, 1.807) is 6.92 Å². The third-order valence-electron chi connectivity index (χ3n) is 2.43. The molecule has 7 nitrogen and oxygen atoms in total. The van der Waals surface area contributed by atoms with Crippen molar-refractivity contribution >= 4 is 17.7 Å². The molecule has 1 aromatic heterocycles. The summed E-state index contributed by atoms with van der Waals surface area (Å²) in [4.78, 5) is 34.7. The predicted octanol–water partition coefficient (Wildman–Crippen LogP) is 1.56. The molecule has 0 aliphatic rings. The highest BCUT2D eigenvalue weighted by atomic mass is 16.6. The van der Waals surface area contributed by atoms with E-state index in [-0.39, 0.29) is 18.0 Å². The maximum Gasteiger partial charge on any atom is 0.337 e. The van der Waals surface area contributed by atoms with Gasteiger partial charge in [-0.2, -0.15) is 0 Å². The van der Waals surface area contributed by atoms with E-state index < -0.39 is 16.2 Å². The second kappa shape index (κ2) is 6.48. The van der Waals surface area contributed by atoms with Crippen molar-refractivity contribution in [3.05, 3.63) is 43.9 Å². The number of aromatic nitrogens is 1. The number of nitrogens with zero attached hydrogens (tertiary/aromatic N) is 1. The minimum absolute atomic E-state index is 0.0696. The van der Waals surface area contributed by atoms with Crippen LogP contribution in [0.15, 0.2) is 17.1 Å². The Kier molecular flexibility index (Phi) is 4.99. The Hall–Kier alpha value is -2.44. The molecule has 0 aliphatic carbocycles. The van der Waals surface area contributed by atoms with Gasteiger partial charge >= 0.3 is 17.2 Å². The topological polar surface area (TPSA) is 102 Å². The van der Waals surface area contributed by atoms with E-state index in [0.29, 0.717) is 12.2 Å². The second-order valence-electron chi connectivity index (χ2n) is 3.72. The van der Waals surface area contributed by atoms with Crippen LogP contribution < -0.4 is 5.56 Å². The maximum absolute atomic E-state index is 11.3. The summed E-state index contributed by atoms with van der Waals surface area (Å²) in [6.45, 7) is 3.49. The Morgan fingerprint density at radius 1 is 1.58 bits per heavy atom. The van der Waals surface area contributed by atoms with Gasteiger partial charge in [0.25, 0.3) is 0 Å². The van der Waals surface area contributed by atoms with Gasteiger partial charge < -0.3 is 9.72 Å². The van der Waals surface area contributed by atoms with Crippen LogP contribution >= 0.6 is 0 Å². The number of hydrogen-bond acceptors (Lipinski definition) is 5. The fourth-order valence-corrected chi connectivity index (χ4v) is 1.52. The van der Waals surface area contributed by atoms with Gasteiger partial charge in [-0.3, -0.25) is 19.7 Å². The highest BCUT2D eigenvalue weighted by Crippen LogP contribution is 2.17. The minimum atomic E-state index is -0.745. The summed E-state index contributed by atoms with van der Waals surface area (Å²) in [5, 5.41) is 10.7. The maximum atomic E-state index is 11.3. The molecule has 0 unspecified atom stereocenters. The first-order valence-electron chi connectivity index (χ1n) is 5.66. The third-order valence-corrected chi connectivity index (χ3v) is 2.43. The molecule has 0 aromatic carbocycles. The Labute approximate surface area is 109 Å². The zero-order valence-electron chi connectivity index (χ0n) is 10.6. The second-order valence-corrected chi connectivity index (χ2v) is 3.72. The lowest BCUT2D eigenvalue weighted by Crippen LogP contribution is -2.13. The largest absolute Gasteiger partial charge is 0.466 e. The Bertz CT molecular complexity index is 574. The molecule has 0 bridgehead atoms. The van der Waals surface area contributed by atoms with Gasteiger partial charge in [-0.05, 0) is 13.8 Å². The third kappa shape index (κ3) is 3.77. The molecule has 0 amide bonds. The molecule has 102 valence electrons. The number of ether oxygens (including phenoxy) is 1. The van der Waals surface area contributed by atoms with Crippen molar-refractivity contribution in [2.24, 2.45) is 0 Å². The van der Waals surface area contributed by atoms with Crippen LogP contribution in [-0.2, 0) is 9.53 Å².